The molecule has 0 saturated carbocycles. The van der Waals surface area contributed by atoms with Crippen molar-refractivity contribution >= 4 is 12.0 Å². The molecule has 4 nitrogen and oxygen atoms in total. The number of carbonyl (C=O) groups is 1. The molecule has 0 unspecified atom stereocenters. The highest BCUT2D eigenvalue weighted by molar-refractivity contribution is 5.85. The molecule has 0 aliphatic rings. The normalized spacial score (nSPS) is 10.8. The highest BCUT2D eigenvalue weighted by atomic mass is 16.5. The Bertz CT molecular complexity index is 732. The first-order chi connectivity index (χ1) is 12.6. The fourth-order valence-electron chi connectivity index (χ4n) is 2.63. The molecule has 0 aliphatic heterocycles. The average molecular weight is 354 g/mol. The summed E-state index contributed by atoms with van der Waals surface area (Å²) in [6, 6.07) is 13.6. The molecular weight excluding hydrogens is 328 g/mol. The van der Waals surface area contributed by atoms with Crippen LogP contribution >= 0.6 is 0 Å². The van der Waals surface area contributed by atoms with Crippen molar-refractivity contribution in [3.8, 4) is 22.6 Å². The van der Waals surface area contributed by atoms with Gasteiger partial charge in [-0.1, -0.05) is 56.5 Å². The fourth-order valence-corrected chi connectivity index (χ4v) is 2.63. The molecule has 0 bridgehead atoms. The summed E-state index contributed by atoms with van der Waals surface area (Å²) in [7, 11) is 1.64. The second-order valence-corrected chi connectivity index (χ2v) is 6.07. The molecule has 2 rings (SSSR count). The molecule has 0 aromatic heterocycles. The molecule has 0 fully saturated rings. The standard InChI is InChI=1S/C22H26O4/c1-3-4-5-6-15-26-20-13-12-19(16-21(20)25-2)18-10-7-17(8-11-18)9-14-22(23)24/h7-14,16H,3-6,15H2,1-2H3,(H,23,24). The van der Waals surface area contributed by atoms with Crippen LogP contribution in [-0.4, -0.2) is 24.8 Å². The summed E-state index contributed by atoms with van der Waals surface area (Å²) in [5.74, 6) is 0.519. The van der Waals surface area contributed by atoms with Crippen LogP contribution in [0, 0.1) is 0 Å². The van der Waals surface area contributed by atoms with Gasteiger partial charge < -0.3 is 14.6 Å². The van der Waals surface area contributed by atoms with Crippen molar-refractivity contribution in [2.75, 3.05) is 13.7 Å². The van der Waals surface area contributed by atoms with Crippen molar-refractivity contribution in [1.29, 1.82) is 0 Å². The number of aliphatic carboxylic acids is 1. The number of ether oxygens (including phenoxy) is 2. The zero-order valence-corrected chi connectivity index (χ0v) is 15.4. The lowest BCUT2D eigenvalue weighted by molar-refractivity contribution is -0.131. The Balaban J connectivity index is 2.07. The number of hydrogen-bond donors (Lipinski definition) is 1. The van der Waals surface area contributed by atoms with Gasteiger partial charge in [-0.25, -0.2) is 4.79 Å². The lowest BCUT2D eigenvalue weighted by atomic mass is 10.0. The van der Waals surface area contributed by atoms with Gasteiger partial charge in [-0.3, -0.25) is 0 Å². The van der Waals surface area contributed by atoms with E-state index < -0.39 is 5.97 Å². The topological polar surface area (TPSA) is 55.8 Å². The van der Waals surface area contributed by atoms with Crippen molar-refractivity contribution in [1.82, 2.24) is 0 Å². The number of carboxylic acids is 1. The molecule has 0 aliphatic carbocycles. The lowest BCUT2D eigenvalue weighted by Gasteiger charge is -2.12. The van der Waals surface area contributed by atoms with E-state index in [-0.39, 0.29) is 0 Å². The Labute approximate surface area is 155 Å². The molecule has 138 valence electrons. The van der Waals surface area contributed by atoms with E-state index in [0.29, 0.717) is 12.4 Å². The molecule has 0 amide bonds. The first kappa shape index (κ1) is 19.6. The van der Waals surface area contributed by atoms with Gasteiger partial charge in [-0.15, -0.1) is 0 Å². The van der Waals surface area contributed by atoms with Gasteiger partial charge in [0, 0.05) is 6.08 Å². The van der Waals surface area contributed by atoms with Crippen LogP contribution in [0.25, 0.3) is 17.2 Å². The Morgan fingerprint density at radius 1 is 1.00 bits per heavy atom. The first-order valence-electron chi connectivity index (χ1n) is 8.96. The largest absolute Gasteiger partial charge is 0.493 e. The summed E-state index contributed by atoms with van der Waals surface area (Å²) in [4.78, 5) is 10.6. The maximum Gasteiger partial charge on any atom is 0.328 e. The Kier molecular flexibility index (Phi) is 7.75. The molecule has 0 radical (unpaired) electrons. The van der Waals surface area contributed by atoms with E-state index in [2.05, 4.69) is 6.92 Å². The Morgan fingerprint density at radius 2 is 1.73 bits per heavy atom. The third-order valence-corrected chi connectivity index (χ3v) is 4.08. The van der Waals surface area contributed by atoms with Gasteiger partial charge >= 0.3 is 5.97 Å². The molecule has 2 aromatic rings. The summed E-state index contributed by atoms with van der Waals surface area (Å²) in [6.45, 7) is 2.89. The van der Waals surface area contributed by atoms with E-state index >= 15 is 0 Å². The van der Waals surface area contributed by atoms with E-state index in [1.165, 1.54) is 19.3 Å². The monoisotopic (exact) mass is 354 g/mol. The maximum absolute atomic E-state index is 10.6. The molecule has 0 atom stereocenters. The fraction of sp³-hybridized carbons (Fsp3) is 0.318. The minimum atomic E-state index is -0.955. The first-order valence-corrected chi connectivity index (χ1v) is 8.96. The molecular formula is C22H26O4. The van der Waals surface area contributed by atoms with Crippen molar-refractivity contribution in [3.05, 3.63) is 54.1 Å². The van der Waals surface area contributed by atoms with Gasteiger partial charge in [0.05, 0.1) is 13.7 Å². The third-order valence-electron chi connectivity index (χ3n) is 4.08. The highest BCUT2D eigenvalue weighted by Crippen LogP contribution is 2.32. The van der Waals surface area contributed by atoms with E-state index in [1.807, 2.05) is 42.5 Å². The van der Waals surface area contributed by atoms with Crippen molar-refractivity contribution in [2.45, 2.75) is 32.6 Å². The average Bonchev–Trinajstić information content (AvgIpc) is 2.66. The van der Waals surface area contributed by atoms with Gasteiger partial charge in [0.25, 0.3) is 0 Å². The number of benzene rings is 2. The number of unbranched alkanes of at least 4 members (excludes halogenated alkanes) is 3. The minimum absolute atomic E-state index is 0.695. The van der Waals surface area contributed by atoms with Crippen LogP contribution in [0.1, 0.15) is 38.2 Å². The van der Waals surface area contributed by atoms with Crippen LogP contribution in [0.15, 0.2) is 48.5 Å². The molecule has 0 saturated heterocycles. The van der Waals surface area contributed by atoms with Crippen molar-refractivity contribution in [3.63, 3.8) is 0 Å². The SMILES string of the molecule is CCCCCCOc1ccc(-c2ccc(C=CC(=O)O)cc2)cc1OC. The molecule has 2 aromatic carbocycles. The van der Waals surface area contributed by atoms with Gasteiger partial charge in [0.1, 0.15) is 0 Å². The van der Waals surface area contributed by atoms with E-state index in [4.69, 9.17) is 14.6 Å². The van der Waals surface area contributed by atoms with E-state index in [1.54, 1.807) is 13.2 Å². The number of rotatable bonds is 10. The zero-order chi connectivity index (χ0) is 18.8. The molecule has 0 heterocycles. The van der Waals surface area contributed by atoms with E-state index in [0.717, 1.165) is 34.9 Å². The summed E-state index contributed by atoms with van der Waals surface area (Å²) in [5, 5.41) is 8.68. The van der Waals surface area contributed by atoms with Crippen LogP contribution < -0.4 is 9.47 Å². The second-order valence-electron chi connectivity index (χ2n) is 6.07. The highest BCUT2D eigenvalue weighted by Gasteiger charge is 2.07. The lowest BCUT2D eigenvalue weighted by Crippen LogP contribution is -1.99. The molecule has 1 N–H and O–H groups in total. The van der Waals surface area contributed by atoms with Crippen LogP contribution in [0.5, 0.6) is 11.5 Å². The quantitative estimate of drug-likeness (QED) is 0.457. The summed E-state index contributed by atoms with van der Waals surface area (Å²) >= 11 is 0. The van der Waals surface area contributed by atoms with Crippen LogP contribution in [-0.2, 0) is 4.79 Å². The zero-order valence-electron chi connectivity index (χ0n) is 15.4. The molecule has 0 spiro atoms. The number of carboxylic acid groups (broad SMARTS) is 1. The van der Waals surface area contributed by atoms with Crippen molar-refractivity contribution < 1.29 is 19.4 Å². The van der Waals surface area contributed by atoms with Gasteiger partial charge in [-0.2, -0.15) is 0 Å². The summed E-state index contributed by atoms with van der Waals surface area (Å²) in [5.41, 5.74) is 2.90. The summed E-state index contributed by atoms with van der Waals surface area (Å²) in [6.07, 6.45) is 7.37. The minimum Gasteiger partial charge on any atom is -0.493 e. The van der Waals surface area contributed by atoms with Gasteiger partial charge in [0.2, 0.25) is 0 Å². The Hall–Kier alpha value is -2.75. The number of hydrogen-bond acceptors (Lipinski definition) is 3. The smallest absolute Gasteiger partial charge is 0.328 e. The van der Waals surface area contributed by atoms with Gasteiger partial charge in [-0.05, 0) is 41.3 Å². The van der Waals surface area contributed by atoms with E-state index in [9.17, 15) is 4.79 Å². The summed E-state index contributed by atoms with van der Waals surface area (Å²) < 4.78 is 11.3. The maximum atomic E-state index is 10.6. The van der Waals surface area contributed by atoms with Crippen LogP contribution in [0.2, 0.25) is 0 Å². The van der Waals surface area contributed by atoms with Crippen LogP contribution in [0.3, 0.4) is 0 Å². The number of methoxy groups -OCH3 is 1. The van der Waals surface area contributed by atoms with Crippen LogP contribution in [0.4, 0.5) is 0 Å². The predicted octanol–water partition coefficient (Wildman–Crippen LogP) is 5.42. The third kappa shape index (κ3) is 5.96. The predicted molar refractivity (Wildman–Crippen MR) is 105 cm³/mol. The van der Waals surface area contributed by atoms with Gasteiger partial charge in [0.15, 0.2) is 11.5 Å². The second kappa shape index (κ2) is 10.3. The molecule has 4 heteroatoms. The Morgan fingerprint density at radius 3 is 2.38 bits per heavy atom. The van der Waals surface area contributed by atoms with Crippen molar-refractivity contribution in [2.24, 2.45) is 0 Å². The molecule has 26 heavy (non-hydrogen) atoms.